The summed E-state index contributed by atoms with van der Waals surface area (Å²) in [4.78, 5) is 17.7. The number of amides is 1. The summed E-state index contributed by atoms with van der Waals surface area (Å²) in [6.07, 6.45) is -2.76. The van der Waals surface area contributed by atoms with Crippen LogP contribution in [0.3, 0.4) is 0 Å². The first-order valence-electron chi connectivity index (χ1n) is 9.81. The lowest BCUT2D eigenvalue weighted by molar-refractivity contribution is -0.137. The van der Waals surface area contributed by atoms with Crippen molar-refractivity contribution in [3.8, 4) is 0 Å². The van der Waals surface area contributed by atoms with Crippen LogP contribution in [0.5, 0.6) is 0 Å². The number of hydrogen-bond acceptors (Lipinski definition) is 2. The minimum atomic E-state index is -4.33. The van der Waals surface area contributed by atoms with Crippen molar-refractivity contribution >= 4 is 11.9 Å². The Bertz CT molecular complexity index is 877. The molecule has 160 valence electrons. The fourth-order valence-corrected chi connectivity index (χ4v) is 3.26. The van der Waals surface area contributed by atoms with Gasteiger partial charge in [0, 0.05) is 39.6 Å². The molecule has 0 atom stereocenters. The monoisotopic (exact) mass is 418 g/mol. The molecule has 5 nitrogen and oxygen atoms in total. The van der Waals surface area contributed by atoms with Gasteiger partial charge in [-0.15, -0.1) is 0 Å². The molecule has 0 bridgehead atoms. The molecule has 0 saturated carbocycles. The number of nitrogens with zero attached hydrogens (tertiary/aromatic N) is 2. The Hall–Kier alpha value is -3.03. The number of aliphatic imine (C=N–C) groups is 1. The van der Waals surface area contributed by atoms with Crippen molar-refractivity contribution in [2.24, 2.45) is 4.99 Å². The number of rotatable bonds is 6. The van der Waals surface area contributed by atoms with Crippen molar-refractivity contribution in [1.82, 2.24) is 15.5 Å². The third kappa shape index (κ3) is 5.98. The first kappa shape index (κ1) is 21.7. The highest BCUT2D eigenvalue weighted by molar-refractivity contribution is 5.79. The highest BCUT2D eigenvalue weighted by Crippen LogP contribution is 2.29. The molecule has 1 aliphatic heterocycles. The summed E-state index contributed by atoms with van der Waals surface area (Å²) < 4.78 is 37.9. The SMILES string of the molecule is CN=C(NCc1ccc(CN2CCCC2=O)cc1)NCc1ccc(C(F)(F)F)cc1. The third-order valence-electron chi connectivity index (χ3n) is 4.99. The van der Waals surface area contributed by atoms with Gasteiger partial charge < -0.3 is 15.5 Å². The number of hydrogen-bond donors (Lipinski definition) is 2. The minimum absolute atomic E-state index is 0.212. The summed E-state index contributed by atoms with van der Waals surface area (Å²) in [6, 6.07) is 13.1. The van der Waals surface area contributed by atoms with Crippen LogP contribution in [0.2, 0.25) is 0 Å². The van der Waals surface area contributed by atoms with E-state index in [0.717, 1.165) is 41.8 Å². The molecular formula is C22H25F3N4O. The van der Waals surface area contributed by atoms with Crippen LogP contribution in [0, 0.1) is 0 Å². The van der Waals surface area contributed by atoms with Crippen LogP contribution in [0.1, 0.15) is 35.1 Å². The van der Waals surface area contributed by atoms with Crippen molar-refractivity contribution in [1.29, 1.82) is 0 Å². The second-order valence-corrected chi connectivity index (χ2v) is 7.21. The predicted octanol–water partition coefficient (Wildman–Crippen LogP) is 3.69. The van der Waals surface area contributed by atoms with Gasteiger partial charge in [-0.1, -0.05) is 36.4 Å². The molecule has 30 heavy (non-hydrogen) atoms. The lowest BCUT2D eigenvalue weighted by Gasteiger charge is -2.16. The van der Waals surface area contributed by atoms with Gasteiger partial charge in [-0.2, -0.15) is 13.2 Å². The molecule has 3 rings (SSSR count). The first-order chi connectivity index (χ1) is 14.3. The number of carbonyl (C=O) groups excluding carboxylic acids is 1. The molecule has 8 heteroatoms. The lowest BCUT2D eigenvalue weighted by atomic mass is 10.1. The molecule has 0 spiro atoms. The molecule has 2 N–H and O–H groups in total. The van der Waals surface area contributed by atoms with E-state index in [0.29, 0.717) is 32.0 Å². The maximum absolute atomic E-state index is 12.6. The van der Waals surface area contributed by atoms with Gasteiger partial charge in [0.1, 0.15) is 0 Å². The predicted molar refractivity (Wildman–Crippen MR) is 110 cm³/mol. The number of carbonyl (C=O) groups is 1. The number of halogens is 3. The molecular weight excluding hydrogens is 393 g/mol. The molecule has 0 aliphatic carbocycles. The van der Waals surface area contributed by atoms with Crippen LogP contribution in [-0.4, -0.2) is 30.4 Å². The van der Waals surface area contributed by atoms with Gasteiger partial charge in [-0.25, -0.2) is 0 Å². The Morgan fingerprint density at radius 3 is 1.97 bits per heavy atom. The van der Waals surface area contributed by atoms with E-state index in [1.807, 2.05) is 29.2 Å². The fourth-order valence-electron chi connectivity index (χ4n) is 3.26. The van der Waals surface area contributed by atoms with Crippen molar-refractivity contribution in [3.63, 3.8) is 0 Å². The summed E-state index contributed by atoms with van der Waals surface area (Å²) in [5.41, 5.74) is 2.22. The van der Waals surface area contributed by atoms with Crippen LogP contribution in [0.15, 0.2) is 53.5 Å². The summed E-state index contributed by atoms with van der Waals surface area (Å²) >= 11 is 0. The van der Waals surface area contributed by atoms with Gasteiger partial charge in [0.05, 0.1) is 5.56 Å². The Balaban J connectivity index is 1.46. The van der Waals surface area contributed by atoms with Crippen molar-refractivity contribution in [3.05, 3.63) is 70.8 Å². The second kappa shape index (κ2) is 9.65. The zero-order valence-electron chi connectivity index (χ0n) is 16.8. The molecule has 2 aromatic carbocycles. The first-order valence-corrected chi connectivity index (χ1v) is 9.81. The van der Waals surface area contributed by atoms with Gasteiger partial charge >= 0.3 is 6.18 Å². The highest BCUT2D eigenvalue weighted by atomic mass is 19.4. The van der Waals surface area contributed by atoms with E-state index in [1.165, 1.54) is 12.1 Å². The number of nitrogens with one attached hydrogen (secondary N) is 2. The Labute approximate surface area is 174 Å². The van der Waals surface area contributed by atoms with Crippen molar-refractivity contribution in [2.75, 3.05) is 13.6 Å². The lowest BCUT2D eigenvalue weighted by Crippen LogP contribution is -2.36. The summed E-state index contributed by atoms with van der Waals surface area (Å²) in [5.74, 6) is 0.769. The Morgan fingerprint density at radius 1 is 0.967 bits per heavy atom. The topological polar surface area (TPSA) is 56.7 Å². The Morgan fingerprint density at radius 2 is 1.50 bits per heavy atom. The normalized spacial score (nSPS) is 14.9. The number of benzene rings is 2. The number of guanidine groups is 1. The zero-order valence-corrected chi connectivity index (χ0v) is 16.8. The maximum atomic E-state index is 12.6. The van der Waals surface area contributed by atoms with Gasteiger partial charge in [0.25, 0.3) is 0 Å². The van der Waals surface area contributed by atoms with E-state index in [1.54, 1.807) is 7.05 Å². The number of alkyl halides is 3. The van der Waals surface area contributed by atoms with Gasteiger partial charge in [0.15, 0.2) is 5.96 Å². The molecule has 0 unspecified atom stereocenters. The van der Waals surface area contributed by atoms with Gasteiger partial charge in [-0.3, -0.25) is 9.79 Å². The van der Waals surface area contributed by atoms with Crippen LogP contribution < -0.4 is 10.6 Å². The quantitative estimate of drug-likeness (QED) is 0.556. The Kier molecular flexibility index (Phi) is 6.97. The molecule has 1 fully saturated rings. The minimum Gasteiger partial charge on any atom is -0.352 e. The highest BCUT2D eigenvalue weighted by Gasteiger charge is 2.29. The average Bonchev–Trinajstić information content (AvgIpc) is 3.13. The molecule has 1 amide bonds. The fraction of sp³-hybridized carbons (Fsp3) is 0.364. The van der Waals surface area contributed by atoms with E-state index in [-0.39, 0.29) is 5.91 Å². The van der Waals surface area contributed by atoms with Crippen LogP contribution in [-0.2, 0) is 30.6 Å². The third-order valence-corrected chi connectivity index (χ3v) is 4.99. The van der Waals surface area contributed by atoms with Gasteiger partial charge in [-0.05, 0) is 35.2 Å². The summed E-state index contributed by atoms with van der Waals surface area (Å²) in [7, 11) is 1.64. The van der Waals surface area contributed by atoms with E-state index < -0.39 is 11.7 Å². The average molecular weight is 418 g/mol. The van der Waals surface area contributed by atoms with E-state index in [4.69, 9.17) is 0 Å². The van der Waals surface area contributed by atoms with Crippen molar-refractivity contribution < 1.29 is 18.0 Å². The molecule has 0 aromatic heterocycles. The molecule has 2 aromatic rings. The summed E-state index contributed by atoms with van der Waals surface area (Å²) in [6.45, 7) is 2.38. The number of likely N-dealkylation sites (tertiary alicyclic amines) is 1. The van der Waals surface area contributed by atoms with Crippen LogP contribution in [0.25, 0.3) is 0 Å². The zero-order chi connectivity index (χ0) is 21.6. The van der Waals surface area contributed by atoms with Crippen molar-refractivity contribution in [2.45, 2.75) is 38.7 Å². The van der Waals surface area contributed by atoms with E-state index >= 15 is 0 Å². The standard InChI is InChI=1S/C22H25F3N4O/c1-26-21(28-14-17-8-10-19(11-9-17)22(23,24)25)27-13-16-4-6-18(7-5-16)15-29-12-2-3-20(29)30/h4-11H,2-3,12-15H2,1H3,(H2,26,27,28). The summed E-state index contributed by atoms with van der Waals surface area (Å²) in [5, 5.41) is 6.28. The largest absolute Gasteiger partial charge is 0.416 e. The van der Waals surface area contributed by atoms with Gasteiger partial charge in [0.2, 0.25) is 5.91 Å². The molecule has 1 heterocycles. The smallest absolute Gasteiger partial charge is 0.352 e. The van der Waals surface area contributed by atoms with E-state index in [9.17, 15) is 18.0 Å². The van der Waals surface area contributed by atoms with Crippen LogP contribution in [0.4, 0.5) is 13.2 Å². The molecule has 0 radical (unpaired) electrons. The van der Waals surface area contributed by atoms with E-state index in [2.05, 4.69) is 15.6 Å². The second-order valence-electron chi connectivity index (χ2n) is 7.21. The molecule has 1 aliphatic rings. The van der Waals surface area contributed by atoms with Crippen LogP contribution >= 0.6 is 0 Å². The molecule has 1 saturated heterocycles. The maximum Gasteiger partial charge on any atom is 0.416 e.